The summed E-state index contributed by atoms with van der Waals surface area (Å²) in [6.45, 7) is 7.82. The minimum atomic E-state index is -0.925. The fourth-order valence-electron chi connectivity index (χ4n) is 4.03. The molecule has 0 spiro atoms. The highest BCUT2D eigenvalue weighted by Gasteiger charge is 2.49. The van der Waals surface area contributed by atoms with E-state index in [-0.39, 0.29) is 17.4 Å². The molecule has 1 aliphatic heterocycles. The van der Waals surface area contributed by atoms with Crippen molar-refractivity contribution >= 4 is 29.4 Å². The van der Waals surface area contributed by atoms with E-state index in [4.69, 9.17) is 0 Å². The topological polar surface area (TPSA) is 86.8 Å². The van der Waals surface area contributed by atoms with Crippen LogP contribution in [0.1, 0.15) is 58.9 Å². The molecule has 2 aliphatic rings. The summed E-state index contributed by atoms with van der Waals surface area (Å²) in [5.41, 5.74) is 1.70. The van der Waals surface area contributed by atoms with Crippen molar-refractivity contribution in [2.24, 2.45) is 5.92 Å². The number of nitrogens with one attached hydrogen (secondary N) is 1. The quantitative estimate of drug-likeness (QED) is 0.622. The summed E-state index contributed by atoms with van der Waals surface area (Å²) in [6, 6.07) is 6.47. The number of hydrogen-bond donors (Lipinski definition) is 1. The predicted octanol–water partition coefficient (Wildman–Crippen LogP) is 3.29. The molecule has 1 N–H and O–H groups in total. The molecule has 1 aromatic carbocycles. The Morgan fingerprint density at radius 1 is 1.03 bits per heavy atom. The lowest BCUT2D eigenvalue weighted by atomic mass is 9.85. The van der Waals surface area contributed by atoms with E-state index >= 15 is 0 Å². The van der Waals surface area contributed by atoms with E-state index in [1.807, 2.05) is 19.1 Å². The fraction of sp³-hybridized carbons (Fsp3) is 0.545. The Hall–Kier alpha value is -2.70. The van der Waals surface area contributed by atoms with E-state index in [9.17, 15) is 19.2 Å². The summed E-state index contributed by atoms with van der Waals surface area (Å²) < 4.78 is 0. The molecule has 1 aliphatic carbocycles. The third kappa shape index (κ3) is 4.33. The van der Waals surface area contributed by atoms with Gasteiger partial charge in [-0.25, -0.2) is 9.69 Å². The first kappa shape index (κ1) is 21.0. The zero-order chi connectivity index (χ0) is 21.3. The number of anilines is 1. The van der Waals surface area contributed by atoms with Gasteiger partial charge in [0.15, 0.2) is 0 Å². The first-order valence-electron chi connectivity index (χ1n) is 10.2. The highest BCUT2D eigenvalue weighted by molar-refractivity contribution is 6.45. The second-order valence-electron chi connectivity index (χ2n) is 9.05. The van der Waals surface area contributed by atoms with Crippen LogP contribution >= 0.6 is 0 Å². The fourth-order valence-corrected chi connectivity index (χ4v) is 4.03. The summed E-state index contributed by atoms with van der Waals surface area (Å²) in [6.07, 6.45) is 3.60. The zero-order valence-electron chi connectivity index (χ0n) is 17.5. The molecule has 2 fully saturated rings. The lowest BCUT2D eigenvalue weighted by molar-refractivity contribution is -0.145. The van der Waals surface area contributed by atoms with Crippen LogP contribution in [0.15, 0.2) is 24.3 Å². The highest BCUT2D eigenvalue weighted by Crippen LogP contribution is 2.31. The Balaban J connectivity index is 1.66. The van der Waals surface area contributed by atoms with Crippen LogP contribution in [0, 0.1) is 5.92 Å². The Morgan fingerprint density at radius 2 is 1.66 bits per heavy atom. The standard InChI is InChI=1S/C22H29N3O4/c1-14-7-5-6-8-17(14)25-20(28)19(27)24(21(25)29)13-18(26)23-16-11-9-15(10-12-16)22(2,3)4/h9-12,14,17H,5-8,13H2,1-4H3,(H,23,26)/t14-,17+/m1/s1. The molecule has 156 valence electrons. The smallest absolute Gasteiger partial charge is 0.325 e. The van der Waals surface area contributed by atoms with Crippen LogP contribution in [0.3, 0.4) is 0 Å². The van der Waals surface area contributed by atoms with Crippen molar-refractivity contribution in [2.75, 3.05) is 11.9 Å². The van der Waals surface area contributed by atoms with Crippen LogP contribution in [-0.2, 0) is 19.8 Å². The molecule has 0 aromatic heterocycles. The number of nitrogens with zero attached hydrogens (tertiary/aromatic N) is 2. The van der Waals surface area contributed by atoms with E-state index in [0.717, 1.165) is 34.6 Å². The Bertz CT molecular complexity index is 825. The minimum absolute atomic E-state index is 0.00297. The van der Waals surface area contributed by atoms with E-state index in [0.29, 0.717) is 12.1 Å². The van der Waals surface area contributed by atoms with Gasteiger partial charge in [-0.1, -0.05) is 52.7 Å². The summed E-state index contributed by atoms with van der Waals surface area (Å²) >= 11 is 0. The molecular formula is C22H29N3O4. The van der Waals surface area contributed by atoms with Crippen molar-refractivity contribution < 1.29 is 19.2 Å². The van der Waals surface area contributed by atoms with Gasteiger partial charge in [-0.15, -0.1) is 0 Å². The lowest BCUT2D eigenvalue weighted by Crippen LogP contribution is -2.46. The average molecular weight is 399 g/mol. The lowest BCUT2D eigenvalue weighted by Gasteiger charge is -2.34. The van der Waals surface area contributed by atoms with E-state index in [1.54, 1.807) is 12.1 Å². The van der Waals surface area contributed by atoms with Crippen LogP contribution in [0.4, 0.5) is 10.5 Å². The summed E-state index contributed by atoms with van der Waals surface area (Å²) in [7, 11) is 0. The van der Waals surface area contributed by atoms with Crippen molar-refractivity contribution in [3.63, 3.8) is 0 Å². The second-order valence-corrected chi connectivity index (χ2v) is 9.05. The van der Waals surface area contributed by atoms with Gasteiger partial charge < -0.3 is 5.32 Å². The minimum Gasteiger partial charge on any atom is -0.325 e. The number of urea groups is 1. The van der Waals surface area contributed by atoms with Crippen molar-refractivity contribution in [1.82, 2.24) is 9.80 Å². The summed E-state index contributed by atoms with van der Waals surface area (Å²) in [5, 5.41) is 2.69. The molecule has 5 amide bonds. The maximum absolute atomic E-state index is 12.7. The zero-order valence-corrected chi connectivity index (χ0v) is 17.5. The number of carbonyl (C=O) groups is 4. The second kappa shape index (κ2) is 7.97. The van der Waals surface area contributed by atoms with E-state index in [2.05, 4.69) is 26.1 Å². The molecule has 7 nitrogen and oxygen atoms in total. The van der Waals surface area contributed by atoms with Crippen LogP contribution in [-0.4, -0.2) is 46.1 Å². The van der Waals surface area contributed by atoms with Gasteiger partial charge in [0, 0.05) is 11.7 Å². The Labute approximate surface area is 171 Å². The average Bonchev–Trinajstić information content (AvgIpc) is 2.85. The molecular weight excluding hydrogens is 370 g/mol. The third-order valence-electron chi connectivity index (χ3n) is 5.82. The largest absolute Gasteiger partial charge is 0.334 e. The van der Waals surface area contributed by atoms with Crippen molar-refractivity contribution in [3.05, 3.63) is 29.8 Å². The van der Waals surface area contributed by atoms with Gasteiger partial charge in [0.25, 0.3) is 0 Å². The highest BCUT2D eigenvalue weighted by atomic mass is 16.2. The number of benzene rings is 1. The first-order chi connectivity index (χ1) is 13.6. The predicted molar refractivity (Wildman–Crippen MR) is 109 cm³/mol. The number of rotatable bonds is 4. The van der Waals surface area contributed by atoms with Gasteiger partial charge in [-0.05, 0) is 41.9 Å². The van der Waals surface area contributed by atoms with Gasteiger partial charge in [0.1, 0.15) is 6.54 Å². The monoisotopic (exact) mass is 399 g/mol. The molecule has 0 unspecified atom stereocenters. The van der Waals surface area contributed by atoms with Gasteiger partial charge in [-0.3, -0.25) is 19.3 Å². The number of hydrogen-bond acceptors (Lipinski definition) is 4. The van der Waals surface area contributed by atoms with Crippen LogP contribution in [0.2, 0.25) is 0 Å². The molecule has 1 heterocycles. The Kier molecular flexibility index (Phi) is 5.78. The van der Waals surface area contributed by atoms with E-state index < -0.39 is 30.3 Å². The van der Waals surface area contributed by atoms with Crippen molar-refractivity contribution in [2.45, 2.75) is 64.8 Å². The summed E-state index contributed by atoms with van der Waals surface area (Å²) in [4.78, 5) is 51.7. The van der Waals surface area contributed by atoms with Gasteiger partial charge in [-0.2, -0.15) is 0 Å². The number of imide groups is 2. The molecule has 1 aromatic rings. The molecule has 2 atom stereocenters. The number of amides is 5. The third-order valence-corrected chi connectivity index (χ3v) is 5.82. The maximum atomic E-state index is 12.7. The van der Waals surface area contributed by atoms with Gasteiger partial charge in [0.05, 0.1) is 0 Å². The van der Waals surface area contributed by atoms with Gasteiger partial charge >= 0.3 is 17.8 Å². The SMILES string of the molecule is C[C@@H]1CCCC[C@@H]1N1C(=O)C(=O)N(CC(=O)Nc2ccc(C(C)(C)C)cc2)C1=O. The summed E-state index contributed by atoms with van der Waals surface area (Å²) in [5.74, 6) is -2.11. The van der Waals surface area contributed by atoms with Crippen LogP contribution < -0.4 is 5.32 Å². The van der Waals surface area contributed by atoms with Gasteiger partial charge in [0.2, 0.25) is 5.91 Å². The molecule has 0 bridgehead atoms. The molecule has 1 saturated heterocycles. The van der Waals surface area contributed by atoms with Crippen LogP contribution in [0.5, 0.6) is 0 Å². The Morgan fingerprint density at radius 3 is 2.24 bits per heavy atom. The molecule has 29 heavy (non-hydrogen) atoms. The van der Waals surface area contributed by atoms with E-state index in [1.165, 1.54) is 0 Å². The molecule has 3 rings (SSSR count). The van der Waals surface area contributed by atoms with Crippen molar-refractivity contribution in [1.29, 1.82) is 0 Å². The normalized spacial score (nSPS) is 23.0. The first-order valence-corrected chi connectivity index (χ1v) is 10.2. The molecule has 7 heteroatoms. The molecule has 0 radical (unpaired) electrons. The number of carbonyl (C=O) groups excluding carboxylic acids is 4. The van der Waals surface area contributed by atoms with Crippen LogP contribution in [0.25, 0.3) is 0 Å². The van der Waals surface area contributed by atoms with Crippen molar-refractivity contribution in [3.8, 4) is 0 Å². The molecule has 1 saturated carbocycles. The maximum Gasteiger partial charge on any atom is 0.334 e.